The second kappa shape index (κ2) is 3.32. The predicted molar refractivity (Wildman–Crippen MR) is 59.5 cm³/mol. The highest BCUT2D eigenvalue weighted by atomic mass is 16.3. The van der Waals surface area contributed by atoms with Crippen molar-refractivity contribution in [2.75, 3.05) is 0 Å². The molecule has 0 saturated carbocycles. The molecule has 2 fully saturated rings. The van der Waals surface area contributed by atoms with Crippen molar-refractivity contribution in [1.82, 2.24) is 5.32 Å². The van der Waals surface area contributed by atoms with E-state index >= 15 is 0 Å². The van der Waals surface area contributed by atoms with Crippen LogP contribution in [-0.2, 0) is 5.60 Å². The van der Waals surface area contributed by atoms with Crippen molar-refractivity contribution in [3.05, 3.63) is 35.9 Å². The summed E-state index contributed by atoms with van der Waals surface area (Å²) in [6, 6.07) is 11.2. The zero-order valence-electron chi connectivity index (χ0n) is 8.82. The molecule has 0 spiro atoms. The summed E-state index contributed by atoms with van der Waals surface area (Å²) < 4.78 is 0. The van der Waals surface area contributed by atoms with Crippen molar-refractivity contribution in [2.24, 2.45) is 0 Å². The lowest BCUT2D eigenvalue weighted by Crippen LogP contribution is -2.46. The first-order valence-corrected chi connectivity index (χ1v) is 5.80. The second-order valence-electron chi connectivity index (χ2n) is 4.94. The quantitative estimate of drug-likeness (QED) is 0.729. The van der Waals surface area contributed by atoms with Gasteiger partial charge in [0.2, 0.25) is 0 Å². The predicted octanol–water partition coefficient (Wildman–Crippen LogP) is 1.79. The Bertz CT molecular complexity index is 337. The van der Waals surface area contributed by atoms with Gasteiger partial charge in [0.05, 0.1) is 5.60 Å². The highest BCUT2D eigenvalue weighted by Gasteiger charge is 2.43. The van der Waals surface area contributed by atoms with Gasteiger partial charge in [-0.1, -0.05) is 30.3 Å². The molecule has 0 radical (unpaired) electrons. The molecule has 2 heterocycles. The molecule has 2 N–H and O–H groups in total. The van der Waals surface area contributed by atoms with E-state index in [-0.39, 0.29) is 0 Å². The molecule has 2 saturated heterocycles. The lowest BCUT2D eigenvalue weighted by Gasteiger charge is -2.37. The van der Waals surface area contributed by atoms with Gasteiger partial charge in [0.25, 0.3) is 0 Å². The van der Waals surface area contributed by atoms with Crippen LogP contribution in [0.1, 0.15) is 31.2 Å². The maximum absolute atomic E-state index is 10.7. The third-order valence-corrected chi connectivity index (χ3v) is 3.81. The lowest BCUT2D eigenvalue weighted by molar-refractivity contribution is -0.0114. The van der Waals surface area contributed by atoms with E-state index in [4.69, 9.17) is 0 Å². The van der Waals surface area contributed by atoms with Gasteiger partial charge in [0, 0.05) is 12.1 Å². The van der Waals surface area contributed by atoms with Gasteiger partial charge in [-0.25, -0.2) is 0 Å². The van der Waals surface area contributed by atoms with Gasteiger partial charge in [-0.05, 0) is 31.2 Å². The monoisotopic (exact) mass is 203 g/mol. The van der Waals surface area contributed by atoms with E-state index in [2.05, 4.69) is 5.32 Å². The Labute approximate surface area is 90.3 Å². The highest BCUT2D eigenvalue weighted by Crippen LogP contribution is 2.40. The van der Waals surface area contributed by atoms with Gasteiger partial charge in [0.15, 0.2) is 0 Å². The Kier molecular flexibility index (Phi) is 2.08. The first-order chi connectivity index (χ1) is 7.26. The summed E-state index contributed by atoms with van der Waals surface area (Å²) in [4.78, 5) is 0. The van der Waals surface area contributed by atoms with Gasteiger partial charge >= 0.3 is 0 Å². The fourth-order valence-electron chi connectivity index (χ4n) is 3.11. The molecule has 2 atom stereocenters. The van der Waals surface area contributed by atoms with Gasteiger partial charge < -0.3 is 10.4 Å². The average Bonchev–Trinajstić information content (AvgIpc) is 2.60. The molecule has 15 heavy (non-hydrogen) atoms. The Morgan fingerprint density at radius 2 is 1.67 bits per heavy atom. The van der Waals surface area contributed by atoms with Crippen molar-refractivity contribution >= 4 is 0 Å². The average molecular weight is 203 g/mol. The normalized spacial score (nSPS) is 39.3. The molecule has 0 amide bonds. The molecule has 80 valence electrons. The van der Waals surface area contributed by atoms with Gasteiger partial charge in [0.1, 0.15) is 0 Å². The zero-order valence-corrected chi connectivity index (χ0v) is 8.82. The minimum absolute atomic E-state index is 0.522. The molecular formula is C13H17NO. The fourth-order valence-corrected chi connectivity index (χ4v) is 3.11. The highest BCUT2D eigenvalue weighted by molar-refractivity contribution is 5.24. The van der Waals surface area contributed by atoms with Crippen LogP contribution in [0.4, 0.5) is 0 Å². The van der Waals surface area contributed by atoms with Crippen LogP contribution in [0.3, 0.4) is 0 Å². The molecular weight excluding hydrogens is 186 g/mol. The van der Waals surface area contributed by atoms with Crippen LogP contribution >= 0.6 is 0 Å². The van der Waals surface area contributed by atoms with Crippen molar-refractivity contribution in [1.29, 1.82) is 0 Å². The molecule has 3 rings (SSSR count). The van der Waals surface area contributed by atoms with E-state index in [0.29, 0.717) is 12.1 Å². The van der Waals surface area contributed by atoms with Crippen LogP contribution in [0.2, 0.25) is 0 Å². The van der Waals surface area contributed by atoms with Gasteiger partial charge in [-0.3, -0.25) is 0 Å². The molecule has 2 heteroatoms. The smallest absolute Gasteiger partial charge is 0.0926 e. The number of rotatable bonds is 1. The second-order valence-corrected chi connectivity index (χ2v) is 4.94. The Morgan fingerprint density at radius 1 is 1.07 bits per heavy atom. The zero-order chi connectivity index (χ0) is 10.3. The maximum Gasteiger partial charge on any atom is 0.0926 e. The Hall–Kier alpha value is -0.860. The van der Waals surface area contributed by atoms with E-state index in [1.54, 1.807) is 0 Å². The van der Waals surface area contributed by atoms with Crippen molar-refractivity contribution in [3.63, 3.8) is 0 Å². The number of nitrogens with one attached hydrogen (secondary N) is 1. The molecule has 2 aliphatic rings. The summed E-state index contributed by atoms with van der Waals surface area (Å²) in [6.07, 6.45) is 4.18. The van der Waals surface area contributed by atoms with Crippen LogP contribution in [0.5, 0.6) is 0 Å². The minimum atomic E-state index is -0.585. The first kappa shape index (κ1) is 9.37. The van der Waals surface area contributed by atoms with Gasteiger partial charge in [-0.15, -0.1) is 0 Å². The molecule has 2 unspecified atom stereocenters. The number of aliphatic hydroxyl groups is 1. The van der Waals surface area contributed by atoms with Crippen LogP contribution in [0.25, 0.3) is 0 Å². The Morgan fingerprint density at radius 3 is 2.27 bits per heavy atom. The van der Waals surface area contributed by atoms with Crippen molar-refractivity contribution in [3.8, 4) is 0 Å². The third kappa shape index (κ3) is 1.58. The van der Waals surface area contributed by atoms with E-state index in [1.165, 1.54) is 12.8 Å². The number of fused-ring (bicyclic) bond motifs is 2. The van der Waals surface area contributed by atoms with E-state index < -0.39 is 5.60 Å². The molecule has 0 aliphatic carbocycles. The summed E-state index contributed by atoms with van der Waals surface area (Å²) in [7, 11) is 0. The van der Waals surface area contributed by atoms with E-state index in [1.807, 2.05) is 30.3 Å². The summed E-state index contributed by atoms with van der Waals surface area (Å²) in [5.74, 6) is 0. The maximum atomic E-state index is 10.7. The summed E-state index contributed by atoms with van der Waals surface area (Å²) >= 11 is 0. The molecule has 0 aromatic heterocycles. The number of benzene rings is 1. The van der Waals surface area contributed by atoms with Gasteiger partial charge in [-0.2, -0.15) is 0 Å². The van der Waals surface area contributed by atoms with Crippen LogP contribution in [-0.4, -0.2) is 17.2 Å². The largest absolute Gasteiger partial charge is 0.385 e. The SMILES string of the molecule is OC1(c2ccccc2)CC2CCC(C1)N2. The topological polar surface area (TPSA) is 32.3 Å². The van der Waals surface area contributed by atoms with Crippen LogP contribution in [0.15, 0.2) is 30.3 Å². The standard InChI is InChI=1S/C13H17NO/c15-13(10-4-2-1-3-5-10)8-11-6-7-12(9-13)14-11/h1-5,11-12,14-15H,6-9H2. The number of piperidine rings is 1. The van der Waals surface area contributed by atoms with E-state index in [0.717, 1.165) is 18.4 Å². The molecule has 2 bridgehead atoms. The van der Waals surface area contributed by atoms with Crippen LogP contribution < -0.4 is 5.32 Å². The third-order valence-electron chi connectivity index (χ3n) is 3.81. The minimum Gasteiger partial charge on any atom is -0.385 e. The molecule has 2 aliphatic heterocycles. The molecule has 1 aromatic rings. The number of hydrogen-bond acceptors (Lipinski definition) is 2. The summed E-state index contributed by atoms with van der Waals surface area (Å²) in [6.45, 7) is 0. The lowest BCUT2D eigenvalue weighted by atomic mass is 9.81. The van der Waals surface area contributed by atoms with Crippen molar-refractivity contribution in [2.45, 2.75) is 43.4 Å². The molecule has 2 nitrogen and oxygen atoms in total. The fraction of sp³-hybridized carbons (Fsp3) is 0.538. The van der Waals surface area contributed by atoms with Crippen LogP contribution in [0, 0.1) is 0 Å². The van der Waals surface area contributed by atoms with Crippen molar-refractivity contribution < 1.29 is 5.11 Å². The summed E-state index contributed by atoms with van der Waals surface area (Å²) in [5, 5.41) is 14.2. The molecule has 1 aromatic carbocycles. The Balaban J connectivity index is 1.91. The number of hydrogen-bond donors (Lipinski definition) is 2. The summed E-state index contributed by atoms with van der Waals surface area (Å²) in [5.41, 5.74) is 0.502. The van der Waals surface area contributed by atoms with E-state index in [9.17, 15) is 5.11 Å². The first-order valence-electron chi connectivity index (χ1n) is 5.80.